The van der Waals surface area contributed by atoms with Gasteiger partial charge in [-0.15, -0.1) is 0 Å². The third-order valence-electron chi connectivity index (χ3n) is 2.69. The normalized spacial score (nSPS) is 19.2. The molecule has 1 aliphatic heterocycles. The van der Waals surface area contributed by atoms with Crippen LogP contribution in [0.1, 0.15) is 33.6 Å². The lowest BCUT2D eigenvalue weighted by Crippen LogP contribution is -2.43. The number of carbonyl (C=O) groups excluding carboxylic acids is 1. The van der Waals surface area contributed by atoms with Crippen LogP contribution in [-0.2, 0) is 28.1 Å². The van der Waals surface area contributed by atoms with Gasteiger partial charge in [0.15, 0.2) is 0 Å². The first-order valence-electron chi connectivity index (χ1n) is 7.29. The zero-order valence-corrected chi connectivity index (χ0v) is 17.0. The van der Waals surface area contributed by atoms with Crippen molar-refractivity contribution in [1.29, 1.82) is 0 Å². The minimum Gasteiger partial charge on any atom is -0.444 e. The number of hydrogen-bond donors (Lipinski definition) is 0. The minimum absolute atomic E-state index is 0.0380. The highest BCUT2D eigenvalue weighted by atomic mass is 35.7. The summed E-state index contributed by atoms with van der Waals surface area (Å²) in [4.78, 5) is 13.5. The first kappa shape index (κ1) is 23.4. The molecule has 0 spiro atoms. The molecule has 1 amide bonds. The van der Waals surface area contributed by atoms with Crippen LogP contribution in [0.3, 0.4) is 0 Å². The fourth-order valence-corrected chi connectivity index (χ4v) is 2.35. The van der Waals surface area contributed by atoms with Crippen molar-refractivity contribution in [2.45, 2.75) is 39.2 Å². The number of nitrogens with zero attached hydrogens (tertiary/aromatic N) is 1. The summed E-state index contributed by atoms with van der Waals surface area (Å²) in [5.41, 5.74) is -0.521. The van der Waals surface area contributed by atoms with E-state index in [0.717, 1.165) is 25.4 Å². The summed E-state index contributed by atoms with van der Waals surface area (Å²) in [5, 5.41) is 0. The first-order valence-corrected chi connectivity index (χ1v) is 11.8. The number of amides is 1. The van der Waals surface area contributed by atoms with Gasteiger partial charge in [0.2, 0.25) is 9.05 Å². The van der Waals surface area contributed by atoms with Gasteiger partial charge in [-0.2, -0.15) is 8.42 Å². The SMILES string of the molecule is CC(C)(C)OC(=O)N1CCC[C@H](COS(C)(=O)=O)C1.CS(=O)(=O)Cl. The standard InChI is InChI=1S/C12H23NO5S.CH3ClO2S/c1-12(2,3)18-11(14)13-7-5-6-10(8-13)9-17-19(4,15)16;1-5(2,3)4/h10H,5-9H2,1-4H3;1H3/t10-;/m0./s1. The summed E-state index contributed by atoms with van der Waals surface area (Å²) in [5.74, 6) is 0.0380. The van der Waals surface area contributed by atoms with E-state index in [9.17, 15) is 21.6 Å². The lowest BCUT2D eigenvalue weighted by atomic mass is 9.99. The van der Waals surface area contributed by atoms with Crippen LogP contribution in [0.15, 0.2) is 0 Å². The number of likely N-dealkylation sites (tertiary alicyclic amines) is 1. The third kappa shape index (κ3) is 15.0. The quantitative estimate of drug-likeness (QED) is 0.518. The Balaban J connectivity index is 0.000000922. The van der Waals surface area contributed by atoms with E-state index in [4.69, 9.17) is 8.92 Å². The summed E-state index contributed by atoms with van der Waals surface area (Å²) in [6.07, 6.45) is 3.29. The molecule has 0 N–H and O–H groups in total. The summed E-state index contributed by atoms with van der Waals surface area (Å²) < 4.78 is 50.8. The van der Waals surface area contributed by atoms with Gasteiger partial charge in [0.1, 0.15) is 5.60 Å². The summed E-state index contributed by atoms with van der Waals surface area (Å²) in [6, 6.07) is 0. The Kier molecular flexibility index (Phi) is 8.99. The lowest BCUT2D eigenvalue weighted by molar-refractivity contribution is 0.0142. The van der Waals surface area contributed by atoms with Gasteiger partial charge in [0.05, 0.1) is 19.1 Å². The Hall–Kier alpha value is -0.580. The number of rotatable bonds is 3. The van der Waals surface area contributed by atoms with E-state index in [1.807, 2.05) is 20.8 Å². The highest BCUT2D eigenvalue weighted by Gasteiger charge is 2.28. The maximum Gasteiger partial charge on any atom is 0.410 e. The lowest BCUT2D eigenvalue weighted by Gasteiger charge is -2.33. The number of piperidine rings is 1. The van der Waals surface area contributed by atoms with Crippen LogP contribution in [0.4, 0.5) is 4.79 Å². The highest BCUT2D eigenvalue weighted by molar-refractivity contribution is 8.13. The number of carbonyl (C=O) groups is 1. The molecule has 0 aromatic rings. The van der Waals surface area contributed by atoms with Crippen molar-refractivity contribution in [1.82, 2.24) is 4.90 Å². The van der Waals surface area contributed by atoms with Crippen LogP contribution < -0.4 is 0 Å². The molecule has 1 fully saturated rings. The van der Waals surface area contributed by atoms with E-state index in [2.05, 4.69) is 10.7 Å². The molecule has 0 aromatic heterocycles. The van der Waals surface area contributed by atoms with E-state index >= 15 is 0 Å². The van der Waals surface area contributed by atoms with Crippen molar-refractivity contribution >= 4 is 35.9 Å². The average Bonchev–Trinajstić information content (AvgIpc) is 2.32. The molecule has 0 bridgehead atoms. The molecule has 0 aromatic carbocycles. The second-order valence-corrected chi connectivity index (χ2v) is 11.3. The van der Waals surface area contributed by atoms with Crippen LogP contribution >= 0.6 is 10.7 Å². The van der Waals surface area contributed by atoms with Gasteiger partial charge in [-0.3, -0.25) is 4.18 Å². The van der Waals surface area contributed by atoms with Crippen molar-refractivity contribution < 1.29 is 30.6 Å². The molecule has 24 heavy (non-hydrogen) atoms. The molecular formula is C13H26ClNO7S2. The van der Waals surface area contributed by atoms with Crippen molar-refractivity contribution in [3.63, 3.8) is 0 Å². The second-order valence-electron chi connectivity index (χ2n) is 6.60. The predicted molar refractivity (Wildman–Crippen MR) is 92.0 cm³/mol. The summed E-state index contributed by atoms with van der Waals surface area (Å²) in [7, 11) is -2.12. The van der Waals surface area contributed by atoms with Crippen molar-refractivity contribution in [2.75, 3.05) is 32.2 Å². The first-order chi connectivity index (χ1) is 10.6. The molecule has 0 saturated carbocycles. The monoisotopic (exact) mass is 407 g/mol. The summed E-state index contributed by atoms with van der Waals surface area (Å²) in [6.45, 7) is 6.70. The van der Waals surface area contributed by atoms with Gasteiger partial charge in [-0.05, 0) is 33.6 Å². The van der Waals surface area contributed by atoms with Crippen LogP contribution in [0.5, 0.6) is 0 Å². The fraction of sp³-hybridized carbons (Fsp3) is 0.923. The minimum atomic E-state index is -3.42. The molecule has 0 aliphatic carbocycles. The van der Waals surface area contributed by atoms with Gasteiger partial charge < -0.3 is 9.64 Å². The highest BCUT2D eigenvalue weighted by Crippen LogP contribution is 2.20. The Morgan fingerprint density at radius 3 is 2.12 bits per heavy atom. The van der Waals surface area contributed by atoms with E-state index < -0.39 is 24.8 Å². The topological polar surface area (TPSA) is 107 Å². The van der Waals surface area contributed by atoms with Crippen LogP contribution in [-0.4, -0.2) is 65.6 Å². The molecule has 1 aliphatic rings. The smallest absolute Gasteiger partial charge is 0.410 e. The van der Waals surface area contributed by atoms with Crippen LogP contribution in [0, 0.1) is 5.92 Å². The largest absolute Gasteiger partial charge is 0.444 e. The number of ether oxygens (including phenoxy) is 1. The Morgan fingerprint density at radius 2 is 1.71 bits per heavy atom. The third-order valence-corrected chi connectivity index (χ3v) is 3.25. The second kappa shape index (κ2) is 9.21. The molecule has 1 saturated heterocycles. The van der Waals surface area contributed by atoms with Crippen molar-refractivity contribution in [2.24, 2.45) is 5.92 Å². The zero-order valence-electron chi connectivity index (χ0n) is 14.6. The molecule has 0 unspecified atom stereocenters. The molecule has 1 rings (SSSR count). The van der Waals surface area contributed by atoms with Crippen LogP contribution in [0.25, 0.3) is 0 Å². The molecular weight excluding hydrogens is 382 g/mol. The van der Waals surface area contributed by atoms with E-state index in [1.165, 1.54) is 0 Å². The number of halogens is 1. The summed E-state index contributed by atoms with van der Waals surface area (Å²) >= 11 is 0. The van der Waals surface area contributed by atoms with Crippen LogP contribution in [0.2, 0.25) is 0 Å². The molecule has 0 radical (unpaired) electrons. The van der Waals surface area contributed by atoms with E-state index in [1.54, 1.807) is 4.90 Å². The molecule has 1 atom stereocenters. The fourth-order valence-electron chi connectivity index (χ4n) is 1.91. The van der Waals surface area contributed by atoms with Gasteiger partial charge in [0, 0.05) is 29.7 Å². The number of hydrogen-bond acceptors (Lipinski definition) is 7. The van der Waals surface area contributed by atoms with E-state index in [0.29, 0.717) is 13.1 Å². The molecule has 11 heteroatoms. The van der Waals surface area contributed by atoms with Gasteiger partial charge in [-0.25, -0.2) is 13.2 Å². The van der Waals surface area contributed by atoms with Gasteiger partial charge in [-0.1, -0.05) is 0 Å². The maximum absolute atomic E-state index is 11.9. The van der Waals surface area contributed by atoms with Gasteiger partial charge in [0.25, 0.3) is 10.1 Å². The van der Waals surface area contributed by atoms with Crippen molar-refractivity contribution in [3.05, 3.63) is 0 Å². The maximum atomic E-state index is 11.9. The molecule has 8 nitrogen and oxygen atoms in total. The van der Waals surface area contributed by atoms with E-state index in [-0.39, 0.29) is 18.6 Å². The molecule has 1 heterocycles. The van der Waals surface area contributed by atoms with Gasteiger partial charge >= 0.3 is 6.09 Å². The Labute approximate surface area is 149 Å². The average molecular weight is 408 g/mol. The zero-order chi connectivity index (χ0) is 19.2. The molecule has 144 valence electrons. The Bertz CT molecular complexity index is 603. The Morgan fingerprint density at radius 1 is 1.21 bits per heavy atom. The predicted octanol–water partition coefficient (Wildman–Crippen LogP) is 1.79. The van der Waals surface area contributed by atoms with Crippen molar-refractivity contribution in [3.8, 4) is 0 Å².